The summed E-state index contributed by atoms with van der Waals surface area (Å²) < 4.78 is 6.61. The van der Waals surface area contributed by atoms with E-state index in [1.807, 2.05) is 0 Å². The maximum absolute atomic E-state index is 11.7. The predicted octanol–water partition coefficient (Wildman–Crippen LogP) is 0.327. The Balaban J connectivity index is 1.65. The quantitative estimate of drug-likeness (QED) is 0.721. The lowest BCUT2D eigenvalue weighted by Gasteiger charge is -2.06. The van der Waals surface area contributed by atoms with Crippen molar-refractivity contribution in [1.29, 1.82) is 0 Å². The summed E-state index contributed by atoms with van der Waals surface area (Å²) in [7, 11) is 1.52. The number of rotatable bonds is 7. The molecule has 1 aromatic rings. The van der Waals surface area contributed by atoms with Crippen LogP contribution in [0.25, 0.3) is 0 Å². The second-order valence-electron chi connectivity index (χ2n) is 4.81. The number of hydrogen-bond donors (Lipinski definition) is 1. The van der Waals surface area contributed by atoms with E-state index in [0.29, 0.717) is 13.2 Å². The Morgan fingerprint density at radius 1 is 1.53 bits per heavy atom. The number of aryl methyl sites for hydroxylation is 1. The maximum atomic E-state index is 11.7. The lowest BCUT2D eigenvalue weighted by Crippen LogP contribution is -2.29. The third kappa shape index (κ3) is 4.48. The summed E-state index contributed by atoms with van der Waals surface area (Å²) in [6.45, 7) is 2.06. The van der Waals surface area contributed by atoms with Crippen LogP contribution < -0.4 is 10.9 Å². The average Bonchev–Trinajstić information content (AvgIpc) is 3.20. The predicted molar refractivity (Wildman–Crippen MR) is 70.0 cm³/mol. The smallest absolute Gasteiger partial charge is 0.271 e. The summed E-state index contributed by atoms with van der Waals surface area (Å²) in [4.78, 5) is 22.9. The fourth-order valence-corrected chi connectivity index (χ4v) is 1.62. The van der Waals surface area contributed by atoms with Gasteiger partial charge in [-0.15, -0.1) is 0 Å². The highest BCUT2D eigenvalue weighted by molar-refractivity contribution is 5.91. The molecular formula is C13H19N3O3. The van der Waals surface area contributed by atoms with Crippen molar-refractivity contribution in [2.45, 2.75) is 19.3 Å². The number of aromatic nitrogens is 2. The van der Waals surface area contributed by atoms with Crippen molar-refractivity contribution in [3.05, 3.63) is 28.2 Å². The summed E-state index contributed by atoms with van der Waals surface area (Å²) in [6.07, 6.45) is 3.36. The standard InChI is InChI=1S/C13H19N3O3/c1-16-12(17)6-5-11(15-16)13(18)14-7-2-8-19-9-10-3-4-10/h5-6,10H,2-4,7-9H2,1H3,(H,14,18). The SMILES string of the molecule is Cn1nc(C(=O)NCCCOCC2CC2)ccc1=O. The topological polar surface area (TPSA) is 73.2 Å². The van der Waals surface area contributed by atoms with Crippen LogP contribution >= 0.6 is 0 Å². The van der Waals surface area contributed by atoms with Gasteiger partial charge in [-0.3, -0.25) is 9.59 Å². The number of nitrogens with one attached hydrogen (secondary N) is 1. The number of amides is 1. The zero-order valence-electron chi connectivity index (χ0n) is 11.1. The number of hydrogen-bond acceptors (Lipinski definition) is 4. The fourth-order valence-electron chi connectivity index (χ4n) is 1.62. The summed E-state index contributed by atoms with van der Waals surface area (Å²) >= 11 is 0. The first-order valence-electron chi connectivity index (χ1n) is 6.57. The third-order valence-electron chi connectivity index (χ3n) is 2.99. The average molecular weight is 265 g/mol. The molecule has 1 heterocycles. The molecule has 1 aliphatic carbocycles. The first-order valence-corrected chi connectivity index (χ1v) is 6.57. The summed E-state index contributed by atoms with van der Waals surface area (Å²) in [5.74, 6) is 0.502. The Kier molecular flexibility index (Phi) is 4.68. The number of ether oxygens (including phenoxy) is 1. The molecular weight excluding hydrogens is 246 g/mol. The zero-order chi connectivity index (χ0) is 13.7. The normalized spacial score (nSPS) is 14.4. The van der Waals surface area contributed by atoms with Gasteiger partial charge in [0.05, 0.1) is 0 Å². The molecule has 1 fully saturated rings. The molecule has 0 unspecified atom stereocenters. The highest BCUT2D eigenvalue weighted by atomic mass is 16.5. The van der Waals surface area contributed by atoms with Crippen molar-refractivity contribution in [2.75, 3.05) is 19.8 Å². The molecule has 0 saturated heterocycles. The highest BCUT2D eigenvalue weighted by Crippen LogP contribution is 2.28. The Morgan fingerprint density at radius 3 is 3.00 bits per heavy atom. The first-order chi connectivity index (χ1) is 9.16. The molecule has 0 spiro atoms. The Hall–Kier alpha value is -1.69. The van der Waals surface area contributed by atoms with E-state index in [0.717, 1.165) is 23.6 Å². The van der Waals surface area contributed by atoms with Gasteiger partial charge in [0.1, 0.15) is 5.69 Å². The molecule has 0 aliphatic heterocycles. The monoisotopic (exact) mass is 265 g/mol. The van der Waals surface area contributed by atoms with Crippen LogP contribution in [0.1, 0.15) is 29.8 Å². The molecule has 1 aliphatic rings. The van der Waals surface area contributed by atoms with E-state index in [1.165, 1.54) is 32.0 Å². The lowest BCUT2D eigenvalue weighted by atomic mass is 10.3. The molecule has 1 saturated carbocycles. The number of carbonyl (C=O) groups is 1. The van der Waals surface area contributed by atoms with Gasteiger partial charge in [-0.1, -0.05) is 0 Å². The van der Waals surface area contributed by atoms with Crippen molar-refractivity contribution in [1.82, 2.24) is 15.1 Å². The third-order valence-corrected chi connectivity index (χ3v) is 2.99. The molecule has 0 radical (unpaired) electrons. The van der Waals surface area contributed by atoms with Crippen LogP contribution in [0.4, 0.5) is 0 Å². The summed E-state index contributed by atoms with van der Waals surface area (Å²) in [5.41, 5.74) is 0.0195. The maximum Gasteiger partial charge on any atom is 0.271 e. The molecule has 104 valence electrons. The van der Waals surface area contributed by atoms with Gasteiger partial charge >= 0.3 is 0 Å². The van der Waals surface area contributed by atoms with E-state index in [4.69, 9.17) is 4.74 Å². The molecule has 19 heavy (non-hydrogen) atoms. The van der Waals surface area contributed by atoms with Crippen LogP contribution in [0.3, 0.4) is 0 Å². The zero-order valence-corrected chi connectivity index (χ0v) is 11.1. The van der Waals surface area contributed by atoms with Gasteiger partial charge in [0, 0.05) is 32.9 Å². The van der Waals surface area contributed by atoms with Crippen LogP contribution in [-0.4, -0.2) is 35.4 Å². The van der Waals surface area contributed by atoms with Crippen molar-refractivity contribution in [2.24, 2.45) is 13.0 Å². The molecule has 2 rings (SSSR count). The van der Waals surface area contributed by atoms with Gasteiger partial charge < -0.3 is 10.1 Å². The minimum Gasteiger partial charge on any atom is -0.381 e. The molecule has 0 bridgehead atoms. The van der Waals surface area contributed by atoms with Crippen LogP contribution in [0.5, 0.6) is 0 Å². The minimum atomic E-state index is -0.266. The molecule has 1 aromatic heterocycles. The van der Waals surface area contributed by atoms with Crippen LogP contribution in [0.15, 0.2) is 16.9 Å². The number of carbonyl (C=O) groups excluding carboxylic acids is 1. The molecule has 6 nitrogen and oxygen atoms in total. The van der Waals surface area contributed by atoms with Crippen molar-refractivity contribution >= 4 is 5.91 Å². The Labute approximate surface area is 111 Å². The van der Waals surface area contributed by atoms with Gasteiger partial charge in [-0.05, 0) is 31.2 Å². The van der Waals surface area contributed by atoms with Gasteiger partial charge in [-0.25, -0.2) is 4.68 Å². The largest absolute Gasteiger partial charge is 0.381 e. The van der Waals surface area contributed by atoms with Crippen LogP contribution in [0.2, 0.25) is 0 Å². The van der Waals surface area contributed by atoms with Gasteiger partial charge in [0.2, 0.25) is 0 Å². The molecule has 1 N–H and O–H groups in total. The Bertz CT molecular complexity index is 494. The van der Waals surface area contributed by atoms with Gasteiger partial charge in [-0.2, -0.15) is 5.10 Å². The van der Waals surface area contributed by atoms with Crippen molar-refractivity contribution in [3.63, 3.8) is 0 Å². The van der Waals surface area contributed by atoms with Crippen molar-refractivity contribution in [3.8, 4) is 0 Å². The van der Waals surface area contributed by atoms with E-state index >= 15 is 0 Å². The van der Waals surface area contributed by atoms with Crippen LogP contribution in [-0.2, 0) is 11.8 Å². The lowest BCUT2D eigenvalue weighted by molar-refractivity contribution is 0.0930. The summed E-state index contributed by atoms with van der Waals surface area (Å²) in [5, 5.41) is 6.63. The summed E-state index contributed by atoms with van der Waals surface area (Å²) in [6, 6.07) is 2.77. The molecule has 6 heteroatoms. The second-order valence-corrected chi connectivity index (χ2v) is 4.81. The first kappa shape index (κ1) is 13.7. The Morgan fingerprint density at radius 2 is 2.32 bits per heavy atom. The van der Waals surface area contributed by atoms with Gasteiger partial charge in [0.15, 0.2) is 0 Å². The van der Waals surface area contributed by atoms with Gasteiger partial charge in [0.25, 0.3) is 11.5 Å². The van der Waals surface area contributed by atoms with E-state index in [2.05, 4.69) is 10.4 Å². The van der Waals surface area contributed by atoms with E-state index in [9.17, 15) is 9.59 Å². The van der Waals surface area contributed by atoms with E-state index < -0.39 is 0 Å². The highest BCUT2D eigenvalue weighted by Gasteiger charge is 2.20. The van der Waals surface area contributed by atoms with Crippen LogP contribution in [0, 0.1) is 5.92 Å². The van der Waals surface area contributed by atoms with Crippen molar-refractivity contribution < 1.29 is 9.53 Å². The molecule has 0 aromatic carbocycles. The van der Waals surface area contributed by atoms with E-state index in [1.54, 1.807) is 0 Å². The number of nitrogens with zero attached hydrogens (tertiary/aromatic N) is 2. The molecule has 0 atom stereocenters. The van der Waals surface area contributed by atoms with E-state index in [-0.39, 0.29) is 17.2 Å². The molecule has 1 amide bonds. The minimum absolute atomic E-state index is 0.231. The fraction of sp³-hybridized carbons (Fsp3) is 0.615. The second kappa shape index (κ2) is 6.47.